The molecule has 0 unspecified atom stereocenters. The number of rotatable bonds is 3. The predicted molar refractivity (Wildman–Crippen MR) is 116 cm³/mol. The second-order valence-electron chi connectivity index (χ2n) is 7.92. The van der Waals surface area contributed by atoms with Crippen LogP contribution in [0.15, 0.2) is 62.5 Å². The number of hydrogen-bond acceptors (Lipinski definition) is 5. The van der Waals surface area contributed by atoms with Crippen LogP contribution in [0.1, 0.15) is 24.6 Å². The number of likely N-dealkylation sites (tertiary alicyclic amines) is 1. The Labute approximate surface area is 177 Å². The third kappa shape index (κ3) is 3.34. The van der Waals surface area contributed by atoms with Gasteiger partial charge in [-0.05, 0) is 31.0 Å². The lowest BCUT2D eigenvalue weighted by Gasteiger charge is -2.32. The highest BCUT2D eigenvalue weighted by Crippen LogP contribution is 2.26. The van der Waals surface area contributed by atoms with E-state index in [1.54, 1.807) is 23.7 Å². The molecule has 0 radical (unpaired) electrons. The van der Waals surface area contributed by atoms with Gasteiger partial charge < -0.3 is 9.32 Å². The molecule has 1 amide bonds. The number of piperidine rings is 1. The number of carbonyl (C=O) groups excluding carboxylic acids is 1. The molecule has 1 aliphatic heterocycles. The summed E-state index contributed by atoms with van der Waals surface area (Å²) in [6, 6.07) is 14.6. The molecule has 0 aliphatic carbocycles. The lowest BCUT2D eigenvalue weighted by Crippen LogP contribution is -2.41. The van der Waals surface area contributed by atoms with Crippen molar-refractivity contribution in [1.29, 1.82) is 0 Å². The van der Waals surface area contributed by atoms with Crippen molar-refractivity contribution in [2.24, 2.45) is 7.05 Å². The zero-order valence-corrected chi connectivity index (χ0v) is 17.2. The number of oxazole rings is 1. The van der Waals surface area contributed by atoms with E-state index >= 15 is 0 Å². The van der Waals surface area contributed by atoms with E-state index in [2.05, 4.69) is 5.10 Å². The molecule has 8 heteroatoms. The number of fused-ring (bicyclic) bond motifs is 2. The van der Waals surface area contributed by atoms with E-state index in [4.69, 9.17) is 4.42 Å². The summed E-state index contributed by atoms with van der Waals surface area (Å²) in [6.07, 6.45) is 1.49. The quantitative estimate of drug-likeness (QED) is 0.509. The Morgan fingerprint density at radius 2 is 1.71 bits per heavy atom. The molecule has 0 bridgehead atoms. The second-order valence-corrected chi connectivity index (χ2v) is 7.92. The summed E-state index contributed by atoms with van der Waals surface area (Å²) in [5.74, 6) is -0.383. The first-order valence-corrected chi connectivity index (χ1v) is 10.4. The lowest BCUT2D eigenvalue weighted by molar-refractivity contribution is -0.131. The number of amides is 1. The topological polar surface area (TPSA) is 90.3 Å². The maximum Gasteiger partial charge on any atom is 0.420 e. The van der Waals surface area contributed by atoms with Crippen LogP contribution in [0.4, 0.5) is 0 Å². The molecule has 31 heavy (non-hydrogen) atoms. The van der Waals surface area contributed by atoms with Gasteiger partial charge in [0.2, 0.25) is 5.91 Å². The van der Waals surface area contributed by atoms with E-state index in [9.17, 15) is 14.4 Å². The van der Waals surface area contributed by atoms with E-state index in [1.807, 2.05) is 41.3 Å². The molecule has 0 spiro atoms. The molecule has 4 aromatic rings. The predicted octanol–water partition coefficient (Wildman–Crippen LogP) is 2.25. The Morgan fingerprint density at radius 3 is 2.48 bits per heavy atom. The van der Waals surface area contributed by atoms with E-state index in [1.165, 1.54) is 4.68 Å². The lowest BCUT2D eigenvalue weighted by atomic mass is 10.0. The van der Waals surface area contributed by atoms with Crippen LogP contribution >= 0.6 is 0 Å². The summed E-state index contributed by atoms with van der Waals surface area (Å²) >= 11 is 0. The largest absolute Gasteiger partial charge is 0.420 e. The van der Waals surface area contributed by atoms with Gasteiger partial charge in [0.15, 0.2) is 5.58 Å². The second kappa shape index (κ2) is 7.54. The minimum Gasteiger partial charge on any atom is -0.408 e. The van der Waals surface area contributed by atoms with E-state index < -0.39 is 0 Å². The monoisotopic (exact) mass is 418 g/mol. The number of aromatic nitrogens is 3. The number of nitrogens with zero attached hydrogens (tertiary/aromatic N) is 4. The van der Waals surface area contributed by atoms with Crippen LogP contribution in [0.5, 0.6) is 0 Å². The average molecular weight is 418 g/mol. The molecule has 0 saturated carbocycles. The molecule has 2 aromatic heterocycles. The summed E-state index contributed by atoms with van der Waals surface area (Å²) in [5.41, 5.74) is 1.80. The highest BCUT2D eigenvalue weighted by molar-refractivity contribution is 5.88. The first kappa shape index (κ1) is 19.3. The van der Waals surface area contributed by atoms with Crippen LogP contribution in [0.3, 0.4) is 0 Å². The molecule has 8 nitrogen and oxygen atoms in total. The zero-order valence-electron chi connectivity index (χ0n) is 17.2. The van der Waals surface area contributed by atoms with Gasteiger partial charge in [0.05, 0.1) is 23.0 Å². The van der Waals surface area contributed by atoms with Crippen LogP contribution in [0.25, 0.3) is 21.9 Å². The summed E-state index contributed by atoms with van der Waals surface area (Å²) in [4.78, 5) is 39.5. The number of benzene rings is 2. The highest BCUT2D eigenvalue weighted by atomic mass is 16.4. The summed E-state index contributed by atoms with van der Waals surface area (Å²) < 4.78 is 8.35. The Bertz CT molecular complexity index is 1410. The molecule has 0 N–H and O–H groups in total. The normalized spacial score (nSPS) is 15.1. The van der Waals surface area contributed by atoms with Crippen molar-refractivity contribution in [2.45, 2.75) is 25.3 Å². The standard InChI is InChI=1S/C23H22N4O4/c1-25-22(29)17-7-3-2-6-16(17)18(24-25)14-21(28)26-12-10-15(11-13-26)27-19-8-4-5-9-20(19)31-23(27)30/h2-9,15H,10-14H2,1H3. The van der Waals surface area contributed by atoms with E-state index in [0.717, 1.165) is 5.52 Å². The number of carbonyl (C=O) groups is 1. The Balaban J connectivity index is 1.34. The first-order chi connectivity index (χ1) is 15.0. The molecule has 1 fully saturated rings. The fraction of sp³-hybridized carbons (Fsp3) is 0.304. The van der Waals surface area contributed by atoms with Crippen molar-refractivity contribution in [3.8, 4) is 0 Å². The van der Waals surface area contributed by atoms with Crippen LogP contribution in [0, 0.1) is 0 Å². The maximum atomic E-state index is 13.0. The minimum absolute atomic E-state index is 0.00305. The first-order valence-electron chi connectivity index (χ1n) is 10.4. The smallest absolute Gasteiger partial charge is 0.408 e. The Kier molecular flexibility index (Phi) is 4.69. The molecule has 158 valence electrons. The van der Waals surface area contributed by atoms with E-state index in [-0.39, 0.29) is 29.7 Å². The molecular weight excluding hydrogens is 396 g/mol. The van der Waals surface area contributed by atoms with Crippen LogP contribution in [-0.4, -0.2) is 38.2 Å². The number of hydrogen-bond donors (Lipinski definition) is 0. The van der Waals surface area contributed by atoms with Gasteiger partial charge in [0.1, 0.15) is 0 Å². The average Bonchev–Trinajstić information content (AvgIpc) is 3.13. The third-order valence-corrected chi connectivity index (χ3v) is 6.05. The van der Waals surface area contributed by atoms with Crippen molar-refractivity contribution in [3.63, 3.8) is 0 Å². The summed E-state index contributed by atoms with van der Waals surface area (Å²) in [5, 5.41) is 5.61. The van der Waals surface area contributed by atoms with Crippen LogP contribution in [0.2, 0.25) is 0 Å². The Hall–Kier alpha value is -3.68. The van der Waals surface area contributed by atoms with Crippen LogP contribution in [-0.2, 0) is 18.3 Å². The van der Waals surface area contributed by atoms with Crippen molar-refractivity contribution in [3.05, 3.63) is 75.1 Å². The van der Waals surface area contributed by atoms with E-state index in [0.29, 0.717) is 48.0 Å². The molecule has 1 saturated heterocycles. The van der Waals surface area contributed by atoms with Gasteiger partial charge >= 0.3 is 5.76 Å². The van der Waals surface area contributed by atoms with Gasteiger partial charge in [-0.25, -0.2) is 9.48 Å². The van der Waals surface area contributed by atoms with Crippen molar-refractivity contribution >= 4 is 27.8 Å². The molecular formula is C23H22N4O4. The Morgan fingerprint density at radius 1 is 1.03 bits per heavy atom. The minimum atomic E-state index is -0.355. The van der Waals surface area contributed by atoms with Crippen molar-refractivity contribution in [2.75, 3.05) is 13.1 Å². The third-order valence-electron chi connectivity index (χ3n) is 6.05. The van der Waals surface area contributed by atoms with Gasteiger partial charge in [0.25, 0.3) is 5.56 Å². The molecule has 5 rings (SSSR count). The molecule has 3 heterocycles. The summed E-state index contributed by atoms with van der Waals surface area (Å²) in [6.45, 7) is 1.11. The summed E-state index contributed by atoms with van der Waals surface area (Å²) in [7, 11) is 1.60. The SMILES string of the molecule is Cn1nc(CC(=O)N2CCC(n3c(=O)oc4ccccc43)CC2)c2ccccc2c1=O. The van der Waals surface area contributed by atoms with Gasteiger partial charge in [-0.1, -0.05) is 30.3 Å². The van der Waals surface area contributed by atoms with Crippen molar-refractivity contribution in [1.82, 2.24) is 19.2 Å². The van der Waals surface area contributed by atoms with Gasteiger partial charge in [-0.15, -0.1) is 0 Å². The van der Waals surface area contributed by atoms with Gasteiger partial charge in [-0.3, -0.25) is 14.2 Å². The number of aryl methyl sites for hydroxylation is 1. The van der Waals surface area contributed by atoms with Crippen molar-refractivity contribution < 1.29 is 9.21 Å². The fourth-order valence-corrected chi connectivity index (χ4v) is 4.46. The zero-order chi connectivity index (χ0) is 21.5. The number of para-hydroxylation sites is 2. The van der Waals surface area contributed by atoms with Gasteiger partial charge in [0, 0.05) is 31.6 Å². The molecule has 2 aromatic carbocycles. The van der Waals surface area contributed by atoms with Gasteiger partial charge in [-0.2, -0.15) is 5.10 Å². The highest BCUT2D eigenvalue weighted by Gasteiger charge is 2.27. The molecule has 1 aliphatic rings. The van der Waals surface area contributed by atoms with Crippen LogP contribution < -0.4 is 11.3 Å². The molecule has 0 atom stereocenters. The maximum absolute atomic E-state index is 13.0. The fourth-order valence-electron chi connectivity index (χ4n) is 4.46.